The Kier molecular flexibility index (Phi) is 5.92. The molecule has 1 amide bonds. The molecule has 0 spiro atoms. The molecule has 0 atom stereocenters. The number of nitrogens with one attached hydrogen (secondary N) is 2. The number of benzene rings is 1. The maximum Gasteiger partial charge on any atom is 0.338 e. The number of H-pyrrole nitrogens is 1. The van der Waals surface area contributed by atoms with Crippen LogP contribution in [0.25, 0.3) is 16.8 Å². The van der Waals surface area contributed by atoms with Gasteiger partial charge in [-0.3, -0.25) is 9.59 Å². The molecule has 1 aromatic carbocycles. The van der Waals surface area contributed by atoms with Crippen LogP contribution >= 0.6 is 0 Å². The van der Waals surface area contributed by atoms with Gasteiger partial charge in [-0.2, -0.15) is 5.10 Å². The summed E-state index contributed by atoms with van der Waals surface area (Å²) in [6.07, 6.45) is 2.91. The number of esters is 1. The molecule has 26 heavy (non-hydrogen) atoms. The number of hydrogen-bond donors (Lipinski definition) is 2. The van der Waals surface area contributed by atoms with Crippen molar-refractivity contribution in [2.24, 2.45) is 0 Å². The van der Waals surface area contributed by atoms with Crippen LogP contribution in [-0.4, -0.2) is 34.7 Å². The van der Waals surface area contributed by atoms with E-state index in [1.54, 1.807) is 32.9 Å². The van der Waals surface area contributed by atoms with Gasteiger partial charge in [-0.05, 0) is 57.9 Å². The average molecular weight is 357 g/mol. The lowest BCUT2D eigenvalue weighted by atomic mass is 9.95. The maximum absolute atomic E-state index is 12.3. The molecule has 0 aliphatic heterocycles. The quantitative estimate of drug-likeness (QED) is 0.631. The highest BCUT2D eigenvalue weighted by molar-refractivity contribution is 6.02. The Morgan fingerprint density at radius 1 is 1.35 bits per heavy atom. The number of nitrogens with zero attached hydrogens (tertiary/aromatic N) is 1. The zero-order valence-electron chi connectivity index (χ0n) is 15.6. The molecule has 0 bridgehead atoms. The first-order chi connectivity index (χ1) is 12.3. The third kappa shape index (κ3) is 3.99. The number of carbonyl (C=O) groups excluding carboxylic acids is 2. The summed E-state index contributed by atoms with van der Waals surface area (Å²) in [5.41, 5.74) is 1.64. The fraction of sp³-hybridized carbons (Fsp3) is 0.368. The van der Waals surface area contributed by atoms with Gasteiger partial charge in [0.15, 0.2) is 0 Å². The molecule has 2 aromatic rings. The number of fused-ring (bicyclic) bond motifs is 1. The summed E-state index contributed by atoms with van der Waals surface area (Å²) in [6, 6.07) is 1.74. The first-order valence-corrected chi connectivity index (χ1v) is 8.44. The molecule has 138 valence electrons. The van der Waals surface area contributed by atoms with Crippen molar-refractivity contribution in [1.29, 1.82) is 0 Å². The minimum Gasteiger partial charge on any atom is -0.462 e. The van der Waals surface area contributed by atoms with Crippen molar-refractivity contribution in [2.75, 3.05) is 6.61 Å². The minimum absolute atomic E-state index is 0.0176. The molecule has 1 aromatic heterocycles. The van der Waals surface area contributed by atoms with E-state index in [2.05, 4.69) is 15.5 Å². The number of aromatic amines is 1. The van der Waals surface area contributed by atoms with Gasteiger partial charge in [0.25, 0.3) is 5.56 Å². The van der Waals surface area contributed by atoms with Crippen LogP contribution in [0.1, 0.15) is 48.0 Å². The van der Waals surface area contributed by atoms with Crippen molar-refractivity contribution in [3.8, 4) is 0 Å². The van der Waals surface area contributed by atoms with Crippen LogP contribution in [0.5, 0.6) is 0 Å². The number of amides is 1. The van der Waals surface area contributed by atoms with E-state index < -0.39 is 11.5 Å². The molecule has 0 saturated heterocycles. The molecule has 7 heteroatoms. The van der Waals surface area contributed by atoms with Gasteiger partial charge in [0.05, 0.1) is 23.3 Å². The molecule has 0 unspecified atom stereocenters. The van der Waals surface area contributed by atoms with Crippen LogP contribution in [-0.2, 0) is 9.53 Å². The Balaban J connectivity index is 2.61. The summed E-state index contributed by atoms with van der Waals surface area (Å²) >= 11 is 0. The monoisotopic (exact) mass is 357 g/mol. The molecule has 0 radical (unpaired) electrons. The van der Waals surface area contributed by atoms with Crippen LogP contribution in [0.15, 0.2) is 16.9 Å². The lowest BCUT2D eigenvalue weighted by molar-refractivity contribution is -0.116. The van der Waals surface area contributed by atoms with E-state index >= 15 is 0 Å². The van der Waals surface area contributed by atoms with Gasteiger partial charge in [0, 0.05) is 17.5 Å². The van der Waals surface area contributed by atoms with E-state index in [1.165, 1.54) is 6.08 Å². The largest absolute Gasteiger partial charge is 0.462 e. The van der Waals surface area contributed by atoms with Crippen molar-refractivity contribution in [3.63, 3.8) is 0 Å². The summed E-state index contributed by atoms with van der Waals surface area (Å²) in [7, 11) is 0. The normalized spacial score (nSPS) is 11.3. The molecule has 2 N–H and O–H groups in total. The molecule has 7 nitrogen and oxygen atoms in total. The third-order valence-electron chi connectivity index (χ3n) is 3.86. The highest BCUT2D eigenvalue weighted by atomic mass is 16.5. The van der Waals surface area contributed by atoms with E-state index in [4.69, 9.17) is 4.74 Å². The lowest BCUT2D eigenvalue weighted by Crippen LogP contribution is -2.28. The van der Waals surface area contributed by atoms with Gasteiger partial charge >= 0.3 is 5.97 Å². The molecule has 1 heterocycles. The summed E-state index contributed by atoms with van der Waals surface area (Å²) < 4.78 is 5.09. The van der Waals surface area contributed by atoms with Gasteiger partial charge in [-0.1, -0.05) is 0 Å². The molecular formula is C19H23N3O4. The highest BCUT2D eigenvalue weighted by Crippen LogP contribution is 2.25. The number of aryl methyl sites for hydroxylation is 2. The summed E-state index contributed by atoms with van der Waals surface area (Å²) in [4.78, 5) is 36.4. The van der Waals surface area contributed by atoms with Crippen molar-refractivity contribution in [2.45, 2.75) is 40.7 Å². The van der Waals surface area contributed by atoms with Crippen LogP contribution < -0.4 is 10.9 Å². The Morgan fingerprint density at radius 2 is 2.04 bits per heavy atom. The zero-order valence-corrected chi connectivity index (χ0v) is 15.6. The van der Waals surface area contributed by atoms with Crippen molar-refractivity contribution >= 4 is 28.7 Å². The first kappa shape index (κ1) is 19.4. The Labute approximate surface area is 151 Å². The van der Waals surface area contributed by atoms with Gasteiger partial charge in [-0.25, -0.2) is 9.89 Å². The second kappa shape index (κ2) is 7.95. The molecule has 2 rings (SSSR count). The zero-order chi connectivity index (χ0) is 19.4. The average Bonchev–Trinajstić information content (AvgIpc) is 2.53. The summed E-state index contributed by atoms with van der Waals surface area (Å²) in [5.74, 6) is -0.716. The van der Waals surface area contributed by atoms with E-state index in [1.807, 2.05) is 13.8 Å². The van der Waals surface area contributed by atoms with Crippen molar-refractivity contribution < 1.29 is 14.3 Å². The smallest absolute Gasteiger partial charge is 0.338 e. The molecule has 0 fully saturated rings. The van der Waals surface area contributed by atoms with E-state index in [9.17, 15) is 14.4 Å². The van der Waals surface area contributed by atoms with E-state index in [-0.39, 0.29) is 18.6 Å². The Hall–Kier alpha value is -2.96. The van der Waals surface area contributed by atoms with Crippen LogP contribution in [0, 0.1) is 13.8 Å². The van der Waals surface area contributed by atoms with Crippen LogP contribution in [0.3, 0.4) is 0 Å². The summed E-state index contributed by atoms with van der Waals surface area (Å²) in [5, 5.41) is 10.1. The van der Waals surface area contributed by atoms with Gasteiger partial charge < -0.3 is 10.1 Å². The second-order valence-corrected chi connectivity index (χ2v) is 6.27. The van der Waals surface area contributed by atoms with Gasteiger partial charge in [0.2, 0.25) is 5.91 Å². The first-order valence-electron chi connectivity index (χ1n) is 8.44. The van der Waals surface area contributed by atoms with Crippen molar-refractivity contribution in [3.05, 3.63) is 44.9 Å². The number of aromatic nitrogens is 2. The standard InChI is InChI=1S/C19H23N3O4/c1-6-26-19(25)16-11(4)9-13-14(7-8-15(23)20-10(2)3)21-22-18(24)17(13)12(16)5/h7-10H,6H2,1-5H3,(H,20,23)(H,22,24)/b8-7+. The van der Waals surface area contributed by atoms with E-state index in [0.29, 0.717) is 33.2 Å². The number of carbonyl (C=O) groups is 2. The lowest BCUT2D eigenvalue weighted by Gasteiger charge is -2.12. The molecule has 0 saturated carbocycles. The predicted octanol–water partition coefficient (Wildman–Crippen LogP) is 2.25. The highest BCUT2D eigenvalue weighted by Gasteiger charge is 2.19. The summed E-state index contributed by atoms with van der Waals surface area (Å²) in [6.45, 7) is 9.19. The molecule has 0 aliphatic rings. The SMILES string of the molecule is CCOC(=O)c1c(C)cc2c(/C=C/C(=O)NC(C)C)n[nH]c(=O)c2c1C. The molecular weight excluding hydrogens is 334 g/mol. The second-order valence-electron chi connectivity index (χ2n) is 6.27. The van der Waals surface area contributed by atoms with Gasteiger partial charge in [0.1, 0.15) is 0 Å². The van der Waals surface area contributed by atoms with Crippen molar-refractivity contribution in [1.82, 2.24) is 15.5 Å². The number of ether oxygens (including phenoxy) is 1. The van der Waals surface area contributed by atoms with Gasteiger partial charge in [-0.15, -0.1) is 0 Å². The minimum atomic E-state index is -0.464. The topological polar surface area (TPSA) is 101 Å². The Morgan fingerprint density at radius 3 is 2.65 bits per heavy atom. The predicted molar refractivity (Wildman–Crippen MR) is 100 cm³/mol. The third-order valence-corrected chi connectivity index (χ3v) is 3.86. The Bertz CT molecular complexity index is 942. The fourth-order valence-corrected chi connectivity index (χ4v) is 2.84. The maximum atomic E-state index is 12.3. The fourth-order valence-electron chi connectivity index (χ4n) is 2.84. The number of hydrogen-bond acceptors (Lipinski definition) is 5. The van der Waals surface area contributed by atoms with E-state index in [0.717, 1.165) is 0 Å². The number of rotatable bonds is 5. The van der Waals surface area contributed by atoms with Crippen LogP contribution in [0.2, 0.25) is 0 Å². The molecule has 0 aliphatic carbocycles. The van der Waals surface area contributed by atoms with Crippen LogP contribution in [0.4, 0.5) is 0 Å².